The maximum absolute atomic E-state index is 14.7. The van der Waals surface area contributed by atoms with Crippen LogP contribution in [-0.4, -0.2) is 43.8 Å². The lowest BCUT2D eigenvalue weighted by atomic mass is 10.0. The Bertz CT molecular complexity index is 1820. The molecule has 1 saturated carbocycles. The van der Waals surface area contributed by atoms with Gasteiger partial charge in [0.1, 0.15) is 12.6 Å². The summed E-state index contributed by atoms with van der Waals surface area (Å²) < 4.78 is 29.3. The lowest BCUT2D eigenvalue weighted by Gasteiger charge is -2.34. The normalized spacial score (nSPS) is 14.0. The third-order valence-electron chi connectivity index (χ3n) is 8.12. The highest BCUT2D eigenvalue weighted by Gasteiger charge is 2.36. The van der Waals surface area contributed by atoms with Crippen LogP contribution in [0.3, 0.4) is 0 Å². The fourth-order valence-electron chi connectivity index (χ4n) is 5.66. The molecule has 0 unspecified atom stereocenters. The summed E-state index contributed by atoms with van der Waals surface area (Å²) in [6.45, 7) is -0.766. The predicted octanol–water partition coefficient (Wildman–Crippen LogP) is 8.19. The van der Waals surface area contributed by atoms with E-state index >= 15 is 0 Å². The first-order chi connectivity index (χ1) is 22.5. The lowest BCUT2D eigenvalue weighted by molar-refractivity contribution is -0.140. The number of rotatable bonds is 12. The fourth-order valence-corrected chi connectivity index (χ4v) is 8.02. The quantitative estimate of drug-likeness (QED) is 0.159. The van der Waals surface area contributed by atoms with Crippen LogP contribution in [-0.2, 0) is 32.6 Å². The van der Waals surface area contributed by atoms with Crippen LogP contribution >= 0.6 is 46.4 Å². The van der Waals surface area contributed by atoms with Crippen molar-refractivity contribution in [3.05, 3.63) is 128 Å². The standard InChI is InChI=1S/C35H33Cl4N3O4S/c36-26-16-15-25(31(39)20-26)22-41(33(19-24-9-3-1-4-10-24)35(44)40-28-11-7-8-12-28)34(43)23-42(32-21-27(37)17-18-30(32)38)47(45,46)29-13-5-2-6-14-29/h1-6,9-10,13-18,20-21,28,33H,7-8,11-12,19,22-23H2,(H,40,44)/t33-/m0/s1. The van der Waals surface area contributed by atoms with Gasteiger partial charge >= 0.3 is 0 Å². The smallest absolute Gasteiger partial charge is 0.264 e. The topological polar surface area (TPSA) is 86.8 Å². The van der Waals surface area contributed by atoms with Crippen LogP contribution < -0.4 is 9.62 Å². The number of nitrogens with zero attached hydrogens (tertiary/aromatic N) is 2. The molecule has 1 fully saturated rings. The Labute approximate surface area is 295 Å². The van der Waals surface area contributed by atoms with E-state index in [4.69, 9.17) is 46.4 Å². The highest BCUT2D eigenvalue weighted by molar-refractivity contribution is 7.92. The molecule has 1 atom stereocenters. The van der Waals surface area contributed by atoms with E-state index in [0.717, 1.165) is 35.6 Å². The number of hydrogen-bond acceptors (Lipinski definition) is 4. The van der Waals surface area contributed by atoms with Gasteiger partial charge in [-0.05, 0) is 66.4 Å². The largest absolute Gasteiger partial charge is 0.352 e. The van der Waals surface area contributed by atoms with Gasteiger partial charge in [0.2, 0.25) is 11.8 Å². The van der Waals surface area contributed by atoms with Gasteiger partial charge in [-0.2, -0.15) is 0 Å². The summed E-state index contributed by atoms with van der Waals surface area (Å²) in [5.74, 6) is -0.980. The van der Waals surface area contributed by atoms with E-state index < -0.39 is 28.5 Å². The van der Waals surface area contributed by atoms with Crippen LogP contribution in [0.25, 0.3) is 0 Å². The maximum Gasteiger partial charge on any atom is 0.264 e. The van der Waals surface area contributed by atoms with Crippen LogP contribution in [0.2, 0.25) is 20.1 Å². The van der Waals surface area contributed by atoms with Crippen LogP contribution in [0.5, 0.6) is 0 Å². The Morgan fingerprint density at radius 3 is 2.06 bits per heavy atom. The second-order valence-electron chi connectivity index (χ2n) is 11.4. The summed E-state index contributed by atoms with van der Waals surface area (Å²) in [6, 6.07) is 25.3. The van der Waals surface area contributed by atoms with Crippen molar-refractivity contribution < 1.29 is 18.0 Å². The van der Waals surface area contributed by atoms with Gasteiger partial charge in [0.25, 0.3) is 10.0 Å². The van der Waals surface area contributed by atoms with Crippen LogP contribution in [0, 0.1) is 0 Å². The highest BCUT2D eigenvalue weighted by atomic mass is 35.5. The maximum atomic E-state index is 14.7. The number of carbonyl (C=O) groups excluding carboxylic acids is 2. The number of benzene rings is 4. The van der Waals surface area contributed by atoms with Gasteiger partial charge < -0.3 is 10.2 Å². The molecule has 7 nitrogen and oxygen atoms in total. The van der Waals surface area contributed by atoms with Gasteiger partial charge in [0.15, 0.2) is 0 Å². The Balaban J connectivity index is 1.60. The monoisotopic (exact) mass is 731 g/mol. The number of hydrogen-bond donors (Lipinski definition) is 1. The molecule has 0 aromatic heterocycles. The highest BCUT2D eigenvalue weighted by Crippen LogP contribution is 2.34. The summed E-state index contributed by atoms with van der Waals surface area (Å²) in [5.41, 5.74) is 1.39. The fraction of sp³-hybridized carbons (Fsp3) is 0.257. The first-order valence-corrected chi connectivity index (χ1v) is 18.1. The van der Waals surface area contributed by atoms with Crippen LogP contribution in [0.15, 0.2) is 102 Å². The van der Waals surface area contributed by atoms with E-state index in [2.05, 4.69) is 5.32 Å². The van der Waals surface area contributed by atoms with Crippen molar-refractivity contribution in [3.8, 4) is 0 Å². The SMILES string of the molecule is O=C(NC1CCCC1)[C@H](Cc1ccccc1)N(Cc1ccc(Cl)cc1Cl)C(=O)CN(c1cc(Cl)ccc1Cl)S(=O)(=O)c1ccccc1. The van der Waals surface area contributed by atoms with E-state index in [1.54, 1.807) is 36.4 Å². The summed E-state index contributed by atoms with van der Waals surface area (Å²) in [6.07, 6.45) is 3.88. The van der Waals surface area contributed by atoms with E-state index in [9.17, 15) is 18.0 Å². The number of halogens is 4. The molecule has 1 N–H and O–H groups in total. The zero-order chi connectivity index (χ0) is 33.6. The van der Waals surface area contributed by atoms with Gasteiger partial charge in [-0.15, -0.1) is 0 Å². The van der Waals surface area contributed by atoms with Crippen LogP contribution in [0.4, 0.5) is 5.69 Å². The first kappa shape index (κ1) is 35.0. The van der Waals surface area contributed by atoms with E-state index in [1.807, 2.05) is 30.3 Å². The second kappa shape index (κ2) is 15.8. The number of carbonyl (C=O) groups is 2. The van der Waals surface area contributed by atoms with E-state index in [-0.39, 0.29) is 45.5 Å². The molecule has 2 amide bonds. The molecule has 0 heterocycles. The summed E-state index contributed by atoms with van der Waals surface area (Å²) in [7, 11) is -4.33. The molecule has 0 radical (unpaired) electrons. The molecular weight excluding hydrogens is 700 g/mol. The number of anilines is 1. The molecular formula is C35H33Cl4N3O4S. The van der Waals surface area contributed by atoms with Gasteiger partial charge in [-0.3, -0.25) is 13.9 Å². The van der Waals surface area contributed by atoms with Crippen molar-refractivity contribution in [1.82, 2.24) is 10.2 Å². The average molecular weight is 734 g/mol. The van der Waals surface area contributed by atoms with Gasteiger partial charge in [-0.25, -0.2) is 8.42 Å². The van der Waals surface area contributed by atoms with Crippen molar-refractivity contribution in [2.24, 2.45) is 0 Å². The molecule has 0 bridgehead atoms. The van der Waals surface area contributed by atoms with E-state index in [1.165, 1.54) is 35.2 Å². The lowest BCUT2D eigenvalue weighted by Crippen LogP contribution is -2.54. The van der Waals surface area contributed by atoms with Crippen molar-refractivity contribution in [3.63, 3.8) is 0 Å². The molecule has 246 valence electrons. The molecule has 47 heavy (non-hydrogen) atoms. The van der Waals surface area contributed by atoms with Gasteiger partial charge in [0, 0.05) is 34.1 Å². The second-order valence-corrected chi connectivity index (χ2v) is 14.9. The van der Waals surface area contributed by atoms with E-state index in [0.29, 0.717) is 15.6 Å². The minimum Gasteiger partial charge on any atom is -0.352 e. The minimum atomic E-state index is -4.33. The number of sulfonamides is 1. The Morgan fingerprint density at radius 1 is 0.787 bits per heavy atom. The van der Waals surface area contributed by atoms with Crippen molar-refractivity contribution in [2.75, 3.05) is 10.8 Å². The Morgan fingerprint density at radius 2 is 1.40 bits per heavy atom. The minimum absolute atomic E-state index is 0.0166. The molecule has 12 heteroatoms. The Kier molecular flexibility index (Phi) is 11.7. The zero-order valence-electron chi connectivity index (χ0n) is 25.3. The van der Waals surface area contributed by atoms with Gasteiger partial charge in [-0.1, -0.05) is 114 Å². The third kappa shape index (κ3) is 8.80. The molecule has 0 spiro atoms. The average Bonchev–Trinajstić information content (AvgIpc) is 3.57. The molecule has 1 aliphatic carbocycles. The molecule has 1 aliphatic rings. The van der Waals surface area contributed by atoms with Crippen LogP contribution in [0.1, 0.15) is 36.8 Å². The molecule has 5 rings (SSSR count). The predicted molar refractivity (Wildman–Crippen MR) is 189 cm³/mol. The third-order valence-corrected chi connectivity index (χ3v) is 11.0. The molecule has 4 aromatic rings. The molecule has 4 aromatic carbocycles. The van der Waals surface area contributed by atoms with Gasteiger partial charge in [0.05, 0.1) is 15.6 Å². The van der Waals surface area contributed by atoms with Crippen molar-refractivity contribution >= 4 is 73.9 Å². The Hall–Kier alpha value is -3.27. The zero-order valence-corrected chi connectivity index (χ0v) is 29.1. The summed E-state index contributed by atoms with van der Waals surface area (Å²) in [5, 5.41) is 4.16. The summed E-state index contributed by atoms with van der Waals surface area (Å²) in [4.78, 5) is 30.1. The number of amides is 2. The number of nitrogens with one attached hydrogen (secondary N) is 1. The summed E-state index contributed by atoms with van der Waals surface area (Å²) >= 11 is 25.6. The molecule has 0 aliphatic heterocycles. The first-order valence-electron chi connectivity index (χ1n) is 15.1. The van der Waals surface area contributed by atoms with Crippen molar-refractivity contribution in [2.45, 2.75) is 55.6 Å². The molecule has 0 saturated heterocycles. The van der Waals surface area contributed by atoms with Crippen molar-refractivity contribution in [1.29, 1.82) is 0 Å².